The van der Waals surface area contributed by atoms with Crippen molar-refractivity contribution in [1.82, 2.24) is 4.90 Å². The molecule has 0 aromatic heterocycles. The van der Waals surface area contributed by atoms with E-state index in [1.165, 1.54) is 12.1 Å². The Morgan fingerprint density at radius 3 is 2.13 bits per heavy atom. The number of carbonyl (C=O) groups is 1. The summed E-state index contributed by atoms with van der Waals surface area (Å²) in [6.07, 6.45) is 0.212. The zero-order valence-electron chi connectivity index (χ0n) is 16.9. The highest BCUT2D eigenvalue weighted by molar-refractivity contribution is 5.78. The third kappa shape index (κ3) is 5.91. The van der Waals surface area contributed by atoms with Crippen LogP contribution in [0.1, 0.15) is 23.6 Å². The van der Waals surface area contributed by atoms with Gasteiger partial charge in [-0.25, -0.2) is 0 Å². The molecule has 6 nitrogen and oxygen atoms in total. The van der Waals surface area contributed by atoms with Crippen molar-refractivity contribution in [3.63, 3.8) is 0 Å². The van der Waals surface area contributed by atoms with Crippen LogP contribution < -0.4 is 4.74 Å². The molecule has 6 heteroatoms. The molecule has 0 saturated carbocycles. The monoisotopic (exact) mass is 404 g/mol. The van der Waals surface area contributed by atoms with Gasteiger partial charge in [0.15, 0.2) is 0 Å². The first-order valence-corrected chi connectivity index (χ1v) is 9.82. The van der Waals surface area contributed by atoms with E-state index in [1.54, 1.807) is 17.0 Å². The van der Waals surface area contributed by atoms with Gasteiger partial charge in [0.2, 0.25) is 5.91 Å². The molecule has 0 saturated heterocycles. The molecule has 0 aliphatic carbocycles. The highest BCUT2D eigenvalue weighted by atomic mass is 16.6. The van der Waals surface area contributed by atoms with Crippen LogP contribution in [-0.2, 0) is 24.4 Å². The van der Waals surface area contributed by atoms with Gasteiger partial charge >= 0.3 is 0 Å². The second-order valence-corrected chi connectivity index (χ2v) is 6.93. The van der Waals surface area contributed by atoms with E-state index in [1.807, 2.05) is 61.5 Å². The van der Waals surface area contributed by atoms with Gasteiger partial charge in [0, 0.05) is 25.2 Å². The van der Waals surface area contributed by atoms with Crippen molar-refractivity contribution in [3.8, 4) is 5.75 Å². The summed E-state index contributed by atoms with van der Waals surface area (Å²) in [5, 5.41) is 10.8. The van der Waals surface area contributed by atoms with Crippen LogP contribution in [-0.4, -0.2) is 22.3 Å². The standard InChI is InChI=1S/C24H24N2O4/c1-2-25(24(27)16-19-8-12-22(13-9-19)26(28)29)17-20-10-14-23(15-11-20)30-18-21-6-4-3-5-7-21/h3-15H,2,16-18H2,1H3. The first-order chi connectivity index (χ1) is 14.5. The summed E-state index contributed by atoms with van der Waals surface area (Å²) in [6.45, 7) is 3.53. The minimum absolute atomic E-state index is 0.0178. The summed E-state index contributed by atoms with van der Waals surface area (Å²) in [4.78, 5) is 24.7. The maximum Gasteiger partial charge on any atom is 0.269 e. The molecule has 0 unspecified atom stereocenters. The Bertz CT molecular complexity index is 970. The fourth-order valence-electron chi connectivity index (χ4n) is 3.05. The van der Waals surface area contributed by atoms with E-state index in [0.717, 1.165) is 22.4 Å². The van der Waals surface area contributed by atoms with Gasteiger partial charge in [-0.3, -0.25) is 14.9 Å². The maximum absolute atomic E-state index is 12.7. The molecule has 154 valence electrons. The Hall–Kier alpha value is -3.67. The number of likely N-dealkylation sites (N-methyl/N-ethyl adjacent to an activating group) is 1. The van der Waals surface area contributed by atoms with E-state index in [9.17, 15) is 14.9 Å². The molecule has 0 N–H and O–H groups in total. The number of nitro groups is 1. The Morgan fingerprint density at radius 2 is 1.53 bits per heavy atom. The van der Waals surface area contributed by atoms with Gasteiger partial charge in [0.25, 0.3) is 5.69 Å². The van der Waals surface area contributed by atoms with Gasteiger partial charge in [-0.15, -0.1) is 0 Å². The van der Waals surface area contributed by atoms with Crippen molar-refractivity contribution in [1.29, 1.82) is 0 Å². The van der Waals surface area contributed by atoms with Gasteiger partial charge in [-0.1, -0.05) is 54.6 Å². The summed E-state index contributed by atoms with van der Waals surface area (Å²) in [7, 11) is 0. The van der Waals surface area contributed by atoms with Crippen molar-refractivity contribution in [2.75, 3.05) is 6.54 Å². The largest absolute Gasteiger partial charge is 0.489 e. The highest BCUT2D eigenvalue weighted by Crippen LogP contribution is 2.17. The minimum atomic E-state index is -0.447. The molecule has 0 spiro atoms. The molecule has 3 aromatic rings. The lowest BCUT2D eigenvalue weighted by atomic mass is 10.1. The van der Waals surface area contributed by atoms with Crippen LogP contribution in [0.25, 0.3) is 0 Å². The summed E-state index contributed by atoms with van der Waals surface area (Å²) < 4.78 is 5.80. The summed E-state index contributed by atoms with van der Waals surface area (Å²) in [5.74, 6) is 0.763. The van der Waals surface area contributed by atoms with Crippen LogP contribution in [0.5, 0.6) is 5.75 Å². The van der Waals surface area contributed by atoms with Crippen LogP contribution in [0.4, 0.5) is 5.69 Å². The number of carbonyl (C=O) groups excluding carboxylic acids is 1. The number of hydrogen-bond donors (Lipinski definition) is 0. The number of hydrogen-bond acceptors (Lipinski definition) is 4. The SMILES string of the molecule is CCN(Cc1ccc(OCc2ccccc2)cc1)C(=O)Cc1ccc([N+](=O)[O-])cc1. The van der Waals surface area contributed by atoms with E-state index >= 15 is 0 Å². The topological polar surface area (TPSA) is 72.7 Å². The average Bonchev–Trinajstić information content (AvgIpc) is 2.78. The van der Waals surface area contributed by atoms with E-state index in [0.29, 0.717) is 19.7 Å². The summed E-state index contributed by atoms with van der Waals surface area (Å²) in [5.41, 5.74) is 2.90. The molecule has 0 atom stereocenters. The molecule has 0 aliphatic heterocycles. The molecule has 3 rings (SSSR count). The van der Waals surface area contributed by atoms with Crippen molar-refractivity contribution >= 4 is 11.6 Å². The molecule has 0 heterocycles. The first kappa shape index (κ1) is 21.0. The number of nitrogens with zero attached hydrogens (tertiary/aromatic N) is 2. The number of non-ortho nitro benzene ring substituents is 1. The number of nitro benzene ring substituents is 1. The van der Waals surface area contributed by atoms with Gasteiger partial charge in [-0.05, 0) is 35.7 Å². The maximum atomic E-state index is 12.7. The lowest BCUT2D eigenvalue weighted by Crippen LogP contribution is -2.31. The van der Waals surface area contributed by atoms with Crippen LogP contribution in [0, 0.1) is 10.1 Å². The quantitative estimate of drug-likeness (QED) is 0.381. The second-order valence-electron chi connectivity index (χ2n) is 6.93. The molecular weight excluding hydrogens is 380 g/mol. The fraction of sp³-hybridized carbons (Fsp3) is 0.208. The molecule has 1 amide bonds. The van der Waals surface area contributed by atoms with Gasteiger partial charge in [-0.2, -0.15) is 0 Å². The Morgan fingerprint density at radius 1 is 0.900 bits per heavy atom. The van der Waals surface area contributed by atoms with Crippen LogP contribution in [0.15, 0.2) is 78.9 Å². The number of amides is 1. The summed E-state index contributed by atoms with van der Waals surface area (Å²) in [6, 6.07) is 23.8. The normalized spacial score (nSPS) is 10.4. The molecule has 0 bridgehead atoms. The molecule has 0 fully saturated rings. The van der Waals surface area contributed by atoms with Gasteiger partial charge in [0.1, 0.15) is 12.4 Å². The molecule has 30 heavy (non-hydrogen) atoms. The number of rotatable bonds is 9. The van der Waals surface area contributed by atoms with Crippen LogP contribution in [0.2, 0.25) is 0 Å². The fourth-order valence-corrected chi connectivity index (χ4v) is 3.05. The predicted octanol–water partition coefficient (Wildman–Crippen LogP) is 4.77. The smallest absolute Gasteiger partial charge is 0.269 e. The highest BCUT2D eigenvalue weighted by Gasteiger charge is 2.14. The molecule has 0 aliphatic rings. The predicted molar refractivity (Wildman–Crippen MR) is 115 cm³/mol. The molecular formula is C24H24N2O4. The Kier molecular flexibility index (Phi) is 7.16. The van der Waals surface area contributed by atoms with E-state index in [4.69, 9.17) is 4.74 Å². The van der Waals surface area contributed by atoms with Crippen molar-refractivity contribution in [3.05, 3.63) is 106 Å². The van der Waals surface area contributed by atoms with Crippen molar-refractivity contribution < 1.29 is 14.5 Å². The third-order valence-electron chi connectivity index (χ3n) is 4.78. The van der Waals surface area contributed by atoms with E-state index in [2.05, 4.69) is 0 Å². The van der Waals surface area contributed by atoms with E-state index in [-0.39, 0.29) is 18.0 Å². The van der Waals surface area contributed by atoms with Gasteiger partial charge in [0.05, 0.1) is 11.3 Å². The van der Waals surface area contributed by atoms with Gasteiger partial charge < -0.3 is 9.64 Å². The average molecular weight is 404 g/mol. The van der Waals surface area contributed by atoms with Crippen molar-refractivity contribution in [2.45, 2.75) is 26.5 Å². The Labute approximate surface area is 175 Å². The third-order valence-corrected chi connectivity index (χ3v) is 4.78. The van der Waals surface area contributed by atoms with Crippen LogP contribution >= 0.6 is 0 Å². The minimum Gasteiger partial charge on any atom is -0.489 e. The first-order valence-electron chi connectivity index (χ1n) is 9.82. The molecule has 0 radical (unpaired) electrons. The molecule has 3 aromatic carbocycles. The lowest BCUT2D eigenvalue weighted by molar-refractivity contribution is -0.384. The number of ether oxygens (including phenoxy) is 1. The van der Waals surface area contributed by atoms with E-state index < -0.39 is 4.92 Å². The van der Waals surface area contributed by atoms with Crippen molar-refractivity contribution in [2.24, 2.45) is 0 Å². The Balaban J connectivity index is 1.55. The lowest BCUT2D eigenvalue weighted by Gasteiger charge is -2.21. The summed E-state index contributed by atoms with van der Waals surface area (Å²) >= 11 is 0. The second kappa shape index (κ2) is 10.2. The zero-order valence-corrected chi connectivity index (χ0v) is 16.9. The van der Waals surface area contributed by atoms with Crippen LogP contribution in [0.3, 0.4) is 0 Å². The zero-order chi connectivity index (χ0) is 21.3. The number of benzene rings is 3.